The lowest BCUT2D eigenvalue weighted by atomic mass is 10.2. The molecule has 1 saturated heterocycles. The van der Waals surface area contributed by atoms with Gasteiger partial charge in [-0.3, -0.25) is 4.79 Å². The highest BCUT2D eigenvalue weighted by atomic mass is 32.1. The maximum Gasteiger partial charge on any atom is 0.240 e. The van der Waals surface area contributed by atoms with E-state index in [1.54, 1.807) is 11.3 Å². The molecule has 1 aromatic carbocycles. The predicted molar refractivity (Wildman–Crippen MR) is 92.8 cm³/mol. The fraction of sp³-hybridized carbons (Fsp3) is 0.294. The molecule has 2 aromatic heterocycles. The molecule has 0 bridgehead atoms. The first-order valence-electron chi connectivity index (χ1n) is 7.77. The SMILES string of the molecule is O=C(Cn1ccc2ccccc21)NC1CCN(c2nccs2)C1. The Morgan fingerprint density at radius 2 is 2.26 bits per heavy atom. The van der Waals surface area contributed by atoms with Crippen molar-refractivity contribution in [3.63, 3.8) is 0 Å². The van der Waals surface area contributed by atoms with Crippen LogP contribution in [0.5, 0.6) is 0 Å². The Kier molecular flexibility index (Phi) is 3.75. The average Bonchev–Trinajstić information content (AvgIpc) is 3.27. The molecule has 3 heterocycles. The Labute approximate surface area is 138 Å². The van der Waals surface area contributed by atoms with Crippen molar-refractivity contribution in [2.45, 2.75) is 19.0 Å². The lowest BCUT2D eigenvalue weighted by molar-refractivity contribution is -0.122. The van der Waals surface area contributed by atoms with Gasteiger partial charge in [0.15, 0.2) is 5.13 Å². The van der Waals surface area contributed by atoms with Crippen LogP contribution >= 0.6 is 11.3 Å². The number of para-hydroxylation sites is 1. The molecule has 118 valence electrons. The van der Waals surface area contributed by atoms with Crippen LogP contribution in [0.2, 0.25) is 0 Å². The van der Waals surface area contributed by atoms with Gasteiger partial charge < -0.3 is 14.8 Å². The Morgan fingerprint density at radius 3 is 3.13 bits per heavy atom. The fourth-order valence-corrected chi connectivity index (χ4v) is 3.81. The highest BCUT2D eigenvalue weighted by molar-refractivity contribution is 7.13. The van der Waals surface area contributed by atoms with Crippen molar-refractivity contribution in [3.05, 3.63) is 48.1 Å². The molecule has 23 heavy (non-hydrogen) atoms. The monoisotopic (exact) mass is 326 g/mol. The van der Waals surface area contributed by atoms with Gasteiger partial charge in [-0.15, -0.1) is 11.3 Å². The van der Waals surface area contributed by atoms with E-state index in [9.17, 15) is 4.79 Å². The minimum Gasteiger partial charge on any atom is -0.350 e. The topological polar surface area (TPSA) is 50.2 Å². The van der Waals surface area contributed by atoms with Crippen LogP contribution in [-0.4, -0.2) is 34.6 Å². The number of carbonyl (C=O) groups is 1. The molecule has 1 aliphatic rings. The van der Waals surface area contributed by atoms with Gasteiger partial charge in [-0.25, -0.2) is 4.98 Å². The van der Waals surface area contributed by atoms with Crippen LogP contribution in [0.4, 0.5) is 5.13 Å². The van der Waals surface area contributed by atoms with Crippen molar-refractivity contribution in [1.29, 1.82) is 0 Å². The van der Waals surface area contributed by atoms with E-state index < -0.39 is 0 Å². The minimum atomic E-state index is 0.0670. The zero-order chi connectivity index (χ0) is 15.6. The molecule has 1 fully saturated rings. The molecule has 0 saturated carbocycles. The second kappa shape index (κ2) is 6.04. The molecule has 4 rings (SSSR count). The second-order valence-corrected chi connectivity index (χ2v) is 6.69. The van der Waals surface area contributed by atoms with E-state index >= 15 is 0 Å². The molecular formula is C17H18N4OS. The number of nitrogens with zero attached hydrogens (tertiary/aromatic N) is 3. The van der Waals surface area contributed by atoms with Gasteiger partial charge in [0.1, 0.15) is 6.54 Å². The number of nitrogens with one attached hydrogen (secondary N) is 1. The van der Waals surface area contributed by atoms with Gasteiger partial charge in [0.05, 0.1) is 0 Å². The smallest absolute Gasteiger partial charge is 0.240 e. The lowest BCUT2D eigenvalue weighted by Gasteiger charge is -2.16. The predicted octanol–water partition coefficient (Wildman–Crippen LogP) is 2.49. The van der Waals surface area contributed by atoms with Crippen LogP contribution in [0.3, 0.4) is 0 Å². The van der Waals surface area contributed by atoms with Crippen molar-refractivity contribution in [1.82, 2.24) is 14.9 Å². The van der Waals surface area contributed by atoms with E-state index in [1.807, 2.05) is 46.6 Å². The molecule has 1 atom stereocenters. The number of benzene rings is 1. The Morgan fingerprint density at radius 1 is 1.35 bits per heavy atom. The molecule has 1 aliphatic heterocycles. The first kappa shape index (κ1) is 14.3. The molecule has 0 spiro atoms. The number of fused-ring (bicyclic) bond motifs is 1. The van der Waals surface area contributed by atoms with Crippen molar-refractivity contribution in [2.24, 2.45) is 0 Å². The summed E-state index contributed by atoms with van der Waals surface area (Å²) in [7, 11) is 0. The summed E-state index contributed by atoms with van der Waals surface area (Å²) in [6.45, 7) is 2.15. The first-order valence-corrected chi connectivity index (χ1v) is 8.65. The summed E-state index contributed by atoms with van der Waals surface area (Å²) in [6.07, 6.45) is 4.77. The van der Waals surface area contributed by atoms with E-state index in [1.165, 1.54) is 0 Å². The minimum absolute atomic E-state index is 0.0670. The molecule has 1 unspecified atom stereocenters. The highest BCUT2D eigenvalue weighted by Gasteiger charge is 2.25. The molecule has 1 amide bonds. The zero-order valence-electron chi connectivity index (χ0n) is 12.7. The van der Waals surface area contributed by atoms with E-state index in [-0.39, 0.29) is 11.9 Å². The summed E-state index contributed by atoms with van der Waals surface area (Å²) in [5.74, 6) is 0.0670. The standard InChI is InChI=1S/C17H18N4OS/c22-16(12-20-8-5-13-3-1-2-4-15(13)20)19-14-6-9-21(11-14)17-18-7-10-23-17/h1-5,7-8,10,14H,6,9,11-12H2,(H,19,22). The van der Waals surface area contributed by atoms with Crippen molar-refractivity contribution < 1.29 is 4.79 Å². The summed E-state index contributed by atoms with van der Waals surface area (Å²) in [5, 5.41) is 7.34. The van der Waals surface area contributed by atoms with E-state index in [2.05, 4.69) is 21.3 Å². The zero-order valence-corrected chi connectivity index (χ0v) is 13.5. The molecule has 1 N–H and O–H groups in total. The normalized spacial score (nSPS) is 17.7. The molecule has 0 radical (unpaired) electrons. The molecule has 5 nitrogen and oxygen atoms in total. The van der Waals surface area contributed by atoms with Crippen LogP contribution < -0.4 is 10.2 Å². The average molecular weight is 326 g/mol. The number of amides is 1. The van der Waals surface area contributed by atoms with E-state index in [4.69, 9.17) is 0 Å². The summed E-state index contributed by atoms with van der Waals surface area (Å²) < 4.78 is 2.00. The van der Waals surface area contributed by atoms with Crippen LogP contribution in [0.15, 0.2) is 48.1 Å². The summed E-state index contributed by atoms with van der Waals surface area (Å²) in [5.41, 5.74) is 1.10. The van der Waals surface area contributed by atoms with Gasteiger partial charge in [0, 0.05) is 42.4 Å². The maximum absolute atomic E-state index is 12.3. The number of rotatable bonds is 4. The number of thiazole rings is 1. The Balaban J connectivity index is 1.37. The summed E-state index contributed by atoms with van der Waals surface area (Å²) in [6, 6.07) is 10.4. The molecule has 0 aliphatic carbocycles. The van der Waals surface area contributed by atoms with Crippen molar-refractivity contribution >= 4 is 33.3 Å². The molecular weight excluding hydrogens is 308 g/mol. The number of aromatic nitrogens is 2. The van der Waals surface area contributed by atoms with Crippen LogP contribution in [-0.2, 0) is 11.3 Å². The molecule has 3 aromatic rings. The maximum atomic E-state index is 12.3. The third-order valence-corrected chi connectivity index (χ3v) is 5.07. The third-order valence-electron chi connectivity index (χ3n) is 4.24. The van der Waals surface area contributed by atoms with E-state index in [0.29, 0.717) is 6.54 Å². The van der Waals surface area contributed by atoms with Gasteiger partial charge in [0.2, 0.25) is 5.91 Å². The molecule has 6 heteroatoms. The fourth-order valence-electron chi connectivity index (χ4n) is 3.13. The van der Waals surface area contributed by atoms with Gasteiger partial charge >= 0.3 is 0 Å². The van der Waals surface area contributed by atoms with Crippen molar-refractivity contribution in [3.8, 4) is 0 Å². The Hall–Kier alpha value is -2.34. The second-order valence-electron chi connectivity index (χ2n) is 5.82. The quantitative estimate of drug-likeness (QED) is 0.801. The van der Waals surface area contributed by atoms with Crippen LogP contribution in [0.25, 0.3) is 10.9 Å². The van der Waals surface area contributed by atoms with Gasteiger partial charge in [-0.05, 0) is 23.9 Å². The van der Waals surface area contributed by atoms with Gasteiger partial charge in [0.25, 0.3) is 0 Å². The number of hydrogen-bond acceptors (Lipinski definition) is 4. The highest BCUT2D eigenvalue weighted by Crippen LogP contribution is 2.22. The van der Waals surface area contributed by atoms with Crippen LogP contribution in [0.1, 0.15) is 6.42 Å². The summed E-state index contributed by atoms with van der Waals surface area (Å²) in [4.78, 5) is 18.9. The van der Waals surface area contributed by atoms with Crippen LogP contribution in [0, 0.1) is 0 Å². The largest absolute Gasteiger partial charge is 0.350 e. The first-order chi connectivity index (χ1) is 11.3. The third kappa shape index (κ3) is 2.94. The number of anilines is 1. The van der Waals surface area contributed by atoms with Gasteiger partial charge in [-0.2, -0.15) is 0 Å². The van der Waals surface area contributed by atoms with Crippen molar-refractivity contribution in [2.75, 3.05) is 18.0 Å². The van der Waals surface area contributed by atoms with Gasteiger partial charge in [-0.1, -0.05) is 18.2 Å². The lowest BCUT2D eigenvalue weighted by Crippen LogP contribution is -2.38. The number of hydrogen-bond donors (Lipinski definition) is 1. The Bertz CT molecular complexity index is 811. The summed E-state index contributed by atoms with van der Waals surface area (Å²) >= 11 is 1.64. The number of carbonyl (C=O) groups excluding carboxylic acids is 1. The van der Waals surface area contributed by atoms with E-state index in [0.717, 1.165) is 35.5 Å².